The second-order valence-corrected chi connectivity index (χ2v) is 4.44. The van der Waals surface area contributed by atoms with Crippen LogP contribution in [0.5, 0.6) is 11.5 Å². The Kier molecular flexibility index (Phi) is 4.11. The van der Waals surface area contributed by atoms with Crippen molar-refractivity contribution in [3.8, 4) is 11.5 Å². The number of benzene rings is 1. The molecule has 21 heavy (non-hydrogen) atoms. The van der Waals surface area contributed by atoms with E-state index in [1.54, 1.807) is 19.9 Å². The van der Waals surface area contributed by atoms with Crippen LogP contribution in [0.4, 0.5) is 4.39 Å². The highest BCUT2D eigenvalue weighted by Crippen LogP contribution is 2.30. The third-order valence-corrected chi connectivity index (χ3v) is 3.12. The van der Waals surface area contributed by atoms with Gasteiger partial charge >= 0.3 is 5.97 Å². The van der Waals surface area contributed by atoms with Crippen molar-refractivity contribution in [2.24, 2.45) is 0 Å². The maximum atomic E-state index is 13.7. The Hall–Kier alpha value is -2.57. The predicted octanol–water partition coefficient (Wildman–Crippen LogP) is 2.22. The smallest absolute Gasteiger partial charge is 0.359 e. The Balaban J connectivity index is 2.41. The molecular formula is C14H15FN2O4. The highest BCUT2D eigenvalue weighted by atomic mass is 19.1. The molecule has 6 nitrogen and oxygen atoms in total. The van der Waals surface area contributed by atoms with Crippen LogP contribution in [0.1, 0.15) is 35.9 Å². The minimum Gasteiger partial charge on any atom is -0.504 e. The zero-order valence-corrected chi connectivity index (χ0v) is 11.6. The van der Waals surface area contributed by atoms with E-state index >= 15 is 0 Å². The molecule has 0 radical (unpaired) electrons. The molecule has 2 N–H and O–H groups in total. The van der Waals surface area contributed by atoms with Gasteiger partial charge in [-0.25, -0.2) is 9.78 Å². The number of carbonyl (C=O) groups excluding carboxylic acids is 1. The molecule has 0 saturated heterocycles. The first-order valence-corrected chi connectivity index (χ1v) is 6.37. The predicted molar refractivity (Wildman–Crippen MR) is 71.7 cm³/mol. The SMILES string of the molecule is CCOC(=O)c1c(F)ncn1C(C)c1ccc(O)c(O)c1. The maximum absolute atomic E-state index is 13.7. The van der Waals surface area contributed by atoms with Gasteiger partial charge in [-0.3, -0.25) is 0 Å². The fraction of sp³-hybridized carbons (Fsp3) is 0.286. The fourth-order valence-corrected chi connectivity index (χ4v) is 1.98. The molecule has 0 fully saturated rings. The van der Waals surface area contributed by atoms with Crippen LogP contribution in [0.2, 0.25) is 0 Å². The molecule has 0 bridgehead atoms. The van der Waals surface area contributed by atoms with Gasteiger partial charge in [0.05, 0.1) is 19.0 Å². The summed E-state index contributed by atoms with van der Waals surface area (Å²) < 4.78 is 19.8. The van der Waals surface area contributed by atoms with Crippen molar-refractivity contribution >= 4 is 5.97 Å². The van der Waals surface area contributed by atoms with Crippen LogP contribution in [-0.4, -0.2) is 32.3 Å². The number of imidazole rings is 1. The number of nitrogens with zero attached hydrogens (tertiary/aromatic N) is 2. The Labute approximate surface area is 120 Å². The molecule has 0 aliphatic heterocycles. The van der Waals surface area contributed by atoms with Crippen LogP contribution in [0, 0.1) is 5.95 Å². The van der Waals surface area contributed by atoms with E-state index in [1.807, 2.05) is 0 Å². The lowest BCUT2D eigenvalue weighted by Crippen LogP contribution is -2.16. The second-order valence-electron chi connectivity index (χ2n) is 4.44. The lowest BCUT2D eigenvalue weighted by molar-refractivity contribution is 0.0506. The Morgan fingerprint density at radius 1 is 1.43 bits per heavy atom. The minimum atomic E-state index is -0.914. The molecule has 0 spiro atoms. The van der Waals surface area contributed by atoms with Gasteiger partial charge in [0.1, 0.15) is 0 Å². The standard InChI is InChI=1S/C14H15FN2O4/c1-3-21-14(20)12-13(15)16-7-17(12)8(2)9-4-5-10(18)11(19)6-9/h4-8,18-19H,3H2,1-2H3. The first-order chi connectivity index (χ1) is 9.95. The number of halogens is 1. The molecule has 0 aliphatic rings. The normalized spacial score (nSPS) is 12.1. The number of aromatic nitrogens is 2. The Bertz CT molecular complexity index is 669. The van der Waals surface area contributed by atoms with Gasteiger partial charge in [0.2, 0.25) is 5.95 Å². The molecule has 2 aromatic rings. The monoisotopic (exact) mass is 294 g/mol. The largest absolute Gasteiger partial charge is 0.504 e. The van der Waals surface area contributed by atoms with Crippen LogP contribution < -0.4 is 0 Å². The molecular weight excluding hydrogens is 279 g/mol. The van der Waals surface area contributed by atoms with Crippen LogP contribution in [0.15, 0.2) is 24.5 Å². The van der Waals surface area contributed by atoms with Crippen molar-refractivity contribution in [3.63, 3.8) is 0 Å². The topological polar surface area (TPSA) is 84.6 Å². The fourth-order valence-electron chi connectivity index (χ4n) is 1.98. The summed E-state index contributed by atoms with van der Waals surface area (Å²) in [5.41, 5.74) is 0.296. The van der Waals surface area contributed by atoms with Gasteiger partial charge in [-0.05, 0) is 31.5 Å². The van der Waals surface area contributed by atoms with Crippen LogP contribution in [0.25, 0.3) is 0 Å². The number of aromatic hydroxyl groups is 2. The van der Waals surface area contributed by atoms with Crippen molar-refractivity contribution in [2.45, 2.75) is 19.9 Å². The summed E-state index contributed by atoms with van der Waals surface area (Å²) in [6.07, 6.45) is 1.19. The van der Waals surface area contributed by atoms with Crippen molar-refractivity contribution in [1.29, 1.82) is 0 Å². The van der Waals surface area contributed by atoms with E-state index in [9.17, 15) is 19.4 Å². The molecule has 1 aromatic carbocycles. The summed E-state index contributed by atoms with van der Waals surface area (Å²) in [5, 5.41) is 18.8. The second kappa shape index (κ2) is 5.82. The van der Waals surface area contributed by atoms with E-state index in [1.165, 1.54) is 23.0 Å². The summed E-state index contributed by atoms with van der Waals surface area (Å²) in [5.74, 6) is -2.27. The average Bonchev–Trinajstić information content (AvgIpc) is 2.83. The van der Waals surface area contributed by atoms with Crippen molar-refractivity contribution < 1.29 is 24.1 Å². The van der Waals surface area contributed by atoms with Gasteiger partial charge in [0.15, 0.2) is 17.2 Å². The van der Waals surface area contributed by atoms with E-state index in [4.69, 9.17) is 4.74 Å². The first-order valence-electron chi connectivity index (χ1n) is 6.37. The number of phenolic OH excluding ortho intramolecular Hbond substituents is 2. The van der Waals surface area contributed by atoms with Gasteiger partial charge in [-0.2, -0.15) is 4.39 Å². The lowest BCUT2D eigenvalue weighted by Gasteiger charge is -2.16. The highest BCUT2D eigenvalue weighted by Gasteiger charge is 2.24. The molecule has 0 aliphatic carbocycles. The summed E-state index contributed by atoms with van der Waals surface area (Å²) in [6.45, 7) is 3.45. The zero-order chi connectivity index (χ0) is 15.6. The van der Waals surface area contributed by atoms with Crippen LogP contribution in [0.3, 0.4) is 0 Å². The lowest BCUT2D eigenvalue weighted by atomic mass is 10.1. The van der Waals surface area contributed by atoms with Crippen LogP contribution >= 0.6 is 0 Å². The van der Waals surface area contributed by atoms with E-state index in [0.29, 0.717) is 5.56 Å². The Morgan fingerprint density at radius 3 is 2.76 bits per heavy atom. The summed E-state index contributed by atoms with van der Waals surface area (Å²) in [6, 6.07) is 3.74. The summed E-state index contributed by atoms with van der Waals surface area (Å²) in [7, 11) is 0. The van der Waals surface area contributed by atoms with Gasteiger partial charge in [-0.15, -0.1) is 0 Å². The minimum absolute atomic E-state index is 0.123. The van der Waals surface area contributed by atoms with Crippen molar-refractivity contribution in [3.05, 3.63) is 41.7 Å². The van der Waals surface area contributed by atoms with Crippen LogP contribution in [-0.2, 0) is 4.74 Å². The number of ether oxygens (including phenoxy) is 1. The van der Waals surface area contributed by atoms with E-state index in [-0.39, 0.29) is 23.8 Å². The number of phenols is 2. The first kappa shape index (κ1) is 14.8. The van der Waals surface area contributed by atoms with E-state index in [0.717, 1.165) is 0 Å². The number of esters is 1. The molecule has 1 atom stereocenters. The van der Waals surface area contributed by atoms with Gasteiger partial charge in [0, 0.05) is 0 Å². The molecule has 1 heterocycles. The number of rotatable bonds is 4. The van der Waals surface area contributed by atoms with Gasteiger partial charge in [0.25, 0.3) is 0 Å². The summed E-state index contributed by atoms with van der Waals surface area (Å²) >= 11 is 0. The molecule has 1 aromatic heterocycles. The zero-order valence-electron chi connectivity index (χ0n) is 11.6. The quantitative estimate of drug-likeness (QED) is 0.667. The van der Waals surface area contributed by atoms with Crippen molar-refractivity contribution in [1.82, 2.24) is 9.55 Å². The third kappa shape index (κ3) is 2.81. The molecule has 0 saturated carbocycles. The highest BCUT2D eigenvalue weighted by molar-refractivity contribution is 5.87. The maximum Gasteiger partial charge on any atom is 0.359 e. The van der Waals surface area contributed by atoms with Gasteiger partial charge in [-0.1, -0.05) is 6.07 Å². The summed E-state index contributed by atoms with van der Waals surface area (Å²) in [4.78, 5) is 15.3. The Morgan fingerprint density at radius 2 is 2.14 bits per heavy atom. The molecule has 1 unspecified atom stereocenters. The molecule has 0 amide bonds. The van der Waals surface area contributed by atoms with E-state index < -0.39 is 18.0 Å². The number of hydrogen-bond donors (Lipinski definition) is 2. The molecule has 7 heteroatoms. The third-order valence-electron chi connectivity index (χ3n) is 3.12. The van der Waals surface area contributed by atoms with Crippen molar-refractivity contribution in [2.75, 3.05) is 6.61 Å². The molecule has 112 valence electrons. The average molecular weight is 294 g/mol. The molecule has 2 rings (SSSR count). The number of hydrogen-bond acceptors (Lipinski definition) is 5. The number of carbonyl (C=O) groups is 1. The van der Waals surface area contributed by atoms with E-state index in [2.05, 4.69) is 4.98 Å². The van der Waals surface area contributed by atoms with Gasteiger partial charge < -0.3 is 19.5 Å².